The third-order valence-corrected chi connectivity index (χ3v) is 2.32. The number of carbonyl (C=O) groups excluding carboxylic acids is 1. The summed E-state index contributed by atoms with van der Waals surface area (Å²) in [5, 5.41) is 0. The Bertz CT molecular complexity index is 351. The van der Waals surface area contributed by atoms with Crippen LogP contribution in [0.25, 0.3) is 0 Å². The van der Waals surface area contributed by atoms with Crippen LogP contribution in [0.1, 0.15) is 18.1 Å². The molecule has 3 heteroatoms. The van der Waals surface area contributed by atoms with Gasteiger partial charge in [0.1, 0.15) is 7.85 Å². The lowest BCUT2D eigenvalue weighted by molar-refractivity contribution is -0.116. The summed E-state index contributed by atoms with van der Waals surface area (Å²) in [7, 11) is 7.47. The fraction of sp³-hybridized carbons (Fsp3) is 0.364. The Hall–Kier alpha value is -1.25. The summed E-state index contributed by atoms with van der Waals surface area (Å²) >= 11 is 0. The van der Waals surface area contributed by atoms with Gasteiger partial charge in [0.15, 0.2) is 0 Å². The monoisotopic (exact) mass is 187 g/mol. The Morgan fingerprint density at radius 1 is 1.29 bits per heavy atom. The molecular weight excluding hydrogens is 173 g/mol. The summed E-state index contributed by atoms with van der Waals surface area (Å²) in [6.07, 6.45) is 0. The molecule has 0 aliphatic heterocycles. The van der Waals surface area contributed by atoms with E-state index in [9.17, 15) is 4.79 Å². The van der Waals surface area contributed by atoms with Crippen molar-refractivity contribution in [3.8, 4) is 0 Å². The van der Waals surface area contributed by atoms with Gasteiger partial charge >= 0.3 is 0 Å². The fourth-order valence-electron chi connectivity index (χ4n) is 1.68. The zero-order chi connectivity index (χ0) is 10.9. The highest BCUT2D eigenvalue weighted by atomic mass is 16.2. The number of hydrogen-bond acceptors (Lipinski definition) is 1. The molecular formula is C11H14BNO. The highest BCUT2D eigenvalue weighted by Gasteiger charge is 2.11. The van der Waals surface area contributed by atoms with Crippen LogP contribution in [0.2, 0.25) is 0 Å². The number of carbonyl (C=O) groups is 1. The molecule has 0 bridgehead atoms. The first-order valence-electron chi connectivity index (χ1n) is 4.54. The molecule has 0 N–H and O–H groups in total. The molecule has 0 spiro atoms. The quantitative estimate of drug-likeness (QED) is 0.602. The van der Waals surface area contributed by atoms with Crippen molar-refractivity contribution in [1.29, 1.82) is 0 Å². The largest absolute Gasteiger partial charge is 0.315 e. The van der Waals surface area contributed by atoms with Crippen molar-refractivity contribution in [2.24, 2.45) is 0 Å². The third-order valence-electron chi connectivity index (χ3n) is 2.32. The SMILES string of the molecule is [B]c1cc(C)c(N(C)C(C)=O)c(C)c1. The molecule has 2 nitrogen and oxygen atoms in total. The number of hydrogen-bond donors (Lipinski definition) is 0. The molecule has 72 valence electrons. The van der Waals surface area contributed by atoms with Gasteiger partial charge in [-0.05, 0) is 25.0 Å². The molecule has 1 amide bonds. The van der Waals surface area contributed by atoms with Crippen molar-refractivity contribution < 1.29 is 4.79 Å². The lowest BCUT2D eigenvalue weighted by atomic mass is 9.91. The zero-order valence-corrected chi connectivity index (χ0v) is 9.09. The minimum absolute atomic E-state index is 0.0287. The summed E-state index contributed by atoms with van der Waals surface area (Å²) < 4.78 is 0. The molecule has 0 aromatic heterocycles. The number of amides is 1. The molecule has 1 rings (SSSR count). The minimum Gasteiger partial charge on any atom is -0.315 e. The number of benzene rings is 1. The van der Waals surface area contributed by atoms with E-state index in [0.29, 0.717) is 0 Å². The van der Waals surface area contributed by atoms with Crippen LogP contribution in [0, 0.1) is 13.8 Å². The van der Waals surface area contributed by atoms with Crippen LogP contribution in [0.15, 0.2) is 12.1 Å². The van der Waals surface area contributed by atoms with Crippen molar-refractivity contribution in [1.82, 2.24) is 0 Å². The number of rotatable bonds is 1. The van der Waals surface area contributed by atoms with E-state index in [1.165, 1.54) is 0 Å². The first-order chi connectivity index (χ1) is 6.43. The fourth-order valence-corrected chi connectivity index (χ4v) is 1.68. The van der Waals surface area contributed by atoms with Gasteiger partial charge < -0.3 is 4.90 Å². The normalized spacial score (nSPS) is 10.0. The van der Waals surface area contributed by atoms with Gasteiger partial charge in [-0.2, -0.15) is 0 Å². The molecule has 2 radical (unpaired) electrons. The first-order valence-corrected chi connectivity index (χ1v) is 4.54. The molecule has 1 aromatic rings. The summed E-state index contributed by atoms with van der Waals surface area (Å²) in [5.74, 6) is 0.0287. The maximum Gasteiger partial charge on any atom is 0.223 e. The molecule has 0 aliphatic rings. The molecule has 0 saturated carbocycles. The molecule has 0 unspecified atom stereocenters. The van der Waals surface area contributed by atoms with Crippen LogP contribution in [0.5, 0.6) is 0 Å². The Labute approximate surface area is 86.3 Å². The van der Waals surface area contributed by atoms with Crippen molar-refractivity contribution in [2.45, 2.75) is 20.8 Å². The van der Waals surface area contributed by atoms with Gasteiger partial charge in [-0.25, -0.2) is 0 Å². The van der Waals surface area contributed by atoms with Gasteiger partial charge in [0.05, 0.1) is 0 Å². The average Bonchev–Trinajstić information content (AvgIpc) is 2.01. The Kier molecular flexibility index (Phi) is 2.99. The van der Waals surface area contributed by atoms with E-state index < -0.39 is 0 Å². The third kappa shape index (κ3) is 1.98. The topological polar surface area (TPSA) is 20.3 Å². The van der Waals surface area contributed by atoms with Gasteiger partial charge in [0.2, 0.25) is 5.91 Å². The molecule has 0 aliphatic carbocycles. The predicted molar refractivity (Wildman–Crippen MR) is 60.4 cm³/mol. The maximum absolute atomic E-state index is 11.2. The van der Waals surface area contributed by atoms with Crippen molar-refractivity contribution >= 4 is 24.9 Å². The highest BCUT2D eigenvalue weighted by molar-refractivity contribution is 6.32. The van der Waals surface area contributed by atoms with E-state index in [1.807, 2.05) is 26.0 Å². The van der Waals surface area contributed by atoms with Crippen LogP contribution < -0.4 is 10.4 Å². The van der Waals surface area contributed by atoms with E-state index in [2.05, 4.69) is 0 Å². The van der Waals surface area contributed by atoms with Gasteiger partial charge in [-0.1, -0.05) is 17.6 Å². The highest BCUT2D eigenvalue weighted by Crippen LogP contribution is 2.22. The Balaban J connectivity index is 3.27. The van der Waals surface area contributed by atoms with Gasteiger partial charge in [-0.3, -0.25) is 4.79 Å². The molecule has 0 atom stereocenters. The maximum atomic E-state index is 11.2. The van der Waals surface area contributed by atoms with E-state index in [4.69, 9.17) is 7.85 Å². The van der Waals surface area contributed by atoms with Gasteiger partial charge in [0.25, 0.3) is 0 Å². The molecule has 14 heavy (non-hydrogen) atoms. The lowest BCUT2D eigenvalue weighted by Gasteiger charge is -2.20. The zero-order valence-electron chi connectivity index (χ0n) is 9.09. The van der Waals surface area contributed by atoms with E-state index >= 15 is 0 Å². The van der Waals surface area contributed by atoms with E-state index in [1.54, 1.807) is 18.9 Å². The summed E-state index contributed by atoms with van der Waals surface area (Å²) in [4.78, 5) is 12.9. The van der Waals surface area contributed by atoms with Crippen LogP contribution >= 0.6 is 0 Å². The molecule has 0 fully saturated rings. The number of anilines is 1. The summed E-state index contributed by atoms with van der Waals surface area (Å²) in [6, 6.07) is 3.75. The Morgan fingerprint density at radius 3 is 2.07 bits per heavy atom. The second kappa shape index (κ2) is 3.87. The van der Waals surface area contributed by atoms with E-state index in [0.717, 1.165) is 22.3 Å². The molecule has 1 aromatic carbocycles. The minimum atomic E-state index is 0.0287. The van der Waals surface area contributed by atoms with Gasteiger partial charge in [-0.15, -0.1) is 0 Å². The van der Waals surface area contributed by atoms with Crippen molar-refractivity contribution in [2.75, 3.05) is 11.9 Å². The first kappa shape index (κ1) is 10.8. The second-order valence-corrected chi connectivity index (χ2v) is 3.58. The van der Waals surface area contributed by atoms with Crippen LogP contribution in [0.3, 0.4) is 0 Å². The van der Waals surface area contributed by atoms with E-state index in [-0.39, 0.29) is 5.91 Å². The predicted octanol–water partition coefficient (Wildman–Crippen LogP) is 1.08. The second-order valence-electron chi connectivity index (χ2n) is 3.58. The summed E-state index contributed by atoms with van der Waals surface area (Å²) in [6.45, 7) is 5.46. The number of aryl methyl sites for hydroxylation is 2. The van der Waals surface area contributed by atoms with Crippen molar-refractivity contribution in [3.05, 3.63) is 23.3 Å². The Morgan fingerprint density at radius 2 is 1.71 bits per heavy atom. The lowest BCUT2D eigenvalue weighted by Crippen LogP contribution is -2.25. The molecule has 0 heterocycles. The molecule has 0 saturated heterocycles. The number of nitrogens with zero attached hydrogens (tertiary/aromatic N) is 1. The van der Waals surface area contributed by atoms with Crippen LogP contribution in [0.4, 0.5) is 5.69 Å². The standard InChI is InChI=1S/C11H14BNO/c1-7-5-10(12)6-8(2)11(7)13(4)9(3)14/h5-6H,1-4H3. The van der Waals surface area contributed by atoms with Gasteiger partial charge in [0, 0.05) is 19.7 Å². The smallest absolute Gasteiger partial charge is 0.223 e. The van der Waals surface area contributed by atoms with Crippen LogP contribution in [-0.2, 0) is 4.79 Å². The average molecular weight is 187 g/mol. The summed E-state index contributed by atoms with van der Waals surface area (Å²) in [5.41, 5.74) is 3.74. The van der Waals surface area contributed by atoms with Crippen LogP contribution in [-0.4, -0.2) is 20.8 Å². The van der Waals surface area contributed by atoms with Crippen molar-refractivity contribution in [3.63, 3.8) is 0 Å².